The number of hydrogen-bond acceptors (Lipinski definition) is 3. The minimum absolute atomic E-state index is 0.0247. The Morgan fingerprint density at radius 1 is 0.944 bits per heavy atom. The van der Waals surface area contributed by atoms with E-state index >= 15 is 0 Å². The molecule has 186 valence electrons. The summed E-state index contributed by atoms with van der Waals surface area (Å²) in [6.45, 7) is 4.90. The van der Waals surface area contributed by atoms with Crippen LogP contribution in [-0.4, -0.2) is 28.5 Å². The van der Waals surface area contributed by atoms with Gasteiger partial charge in [0.15, 0.2) is 0 Å². The van der Waals surface area contributed by atoms with Gasteiger partial charge in [-0.05, 0) is 48.9 Å². The van der Waals surface area contributed by atoms with E-state index in [0.717, 1.165) is 68.8 Å². The molecule has 0 spiro atoms. The number of hydrogen-bond donors (Lipinski definition) is 1. The van der Waals surface area contributed by atoms with Gasteiger partial charge in [0.2, 0.25) is 11.9 Å². The van der Waals surface area contributed by atoms with E-state index in [1.165, 1.54) is 11.1 Å². The average molecular weight is 481 g/mol. The van der Waals surface area contributed by atoms with Crippen molar-refractivity contribution in [3.8, 4) is 0 Å². The van der Waals surface area contributed by atoms with Crippen LogP contribution in [0.15, 0.2) is 84.9 Å². The molecule has 1 N–H and O–H groups in total. The maximum atomic E-state index is 13.4. The largest absolute Gasteiger partial charge is 0.349 e. The van der Waals surface area contributed by atoms with Crippen molar-refractivity contribution >= 4 is 22.9 Å². The predicted molar refractivity (Wildman–Crippen MR) is 147 cm³/mol. The average Bonchev–Trinajstić information content (AvgIpc) is 3.31. The lowest BCUT2D eigenvalue weighted by Gasteiger charge is -2.33. The van der Waals surface area contributed by atoms with Gasteiger partial charge >= 0.3 is 0 Å². The van der Waals surface area contributed by atoms with Gasteiger partial charge in [0.25, 0.3) is 0 Å². The Kier molecular flexibility index (Phi) is 7.65. The summed E-state index contributed by atoms with van der Waals surface area (Å²) in [4.78, 5) is 20.8. The minimum atomic E-state index is -0.0302. The molecule has 1 amide bonds. The predicted octanol–water partition coefficient (Wildman–Crippen LogP) is 6.15. The molecule has 1 aliphatic heterocycles. The van der Waals surface area contributed by atoms with Crippen LogP contribution >= 0.6 is 0 Å². The Balaban J connectivity index is 1.27. The van der Waals surface area contributed by atoms with Crippen molar-refractivity contribution in [1.29, 1.82) is 0 Å². The third kappa shape index (κ3) is 5.46. The van der Waals surface area contributed by atoms with Crippen LogP contribution < -0.4 is 10.2 Å². The minimum Gasteiger partial charge on any atom is -0.349 e. The number of anilines is 1. The van der Waals surface area contributed by atoms with Gasteiger partial charge in [-0.15, -0.1) is 0 Å². The number of nitrogens with one attached hydrogen (secondary N) is 1. The number of benzene rings is 3. The van der Waals surface area contributed by atoms with E-state index in [9.17, 15) is 4.79 Å². The Labute approximate surface area is 214 Å². The third-order valence-corrected chi connectivity index (χ3v) is 7.32. The van der Waals surface area contributed by atoms with Crippen molar-refractivity contribution in [2.75, 3.05) is 18.0 Å². The van der Waals surface area contributed by atoms with Gasteiger partial charge in [0.05, 0.1) is 17.1 Å². The Morgan fingerprint density at radius 2 is 1.61 bits per heavy atom. The molecule has 3 aromatic carbocycles. The number of fused-ring (bicyclic) bond motifs is 1. The second-order valence-electron chi connectivity index (χ2n) is 9.83. The molecule has 1 atom stereocenters. The number of unbranched alkanes of at least 4 members (excludes halogenated alkanes) is 1. The second kappa shape index (κ2) is 11.4. The molecule has 0 aliphatic carbocycles. The van der Waals surface area contributed by atoms with Gasteiger partial charge in [-0.25, -0.2) is 4.98 Å². The van der Waals surface area contributed by atoms with Crippen molar-refractivity contribution in [1.82, 2.24) is 14.9 Å². The van der Waals surface area contributed by atoms with Crippen LogP contribution in [0.1, 0.15) is 49.8 Å². The summed E-state index contributed by atoms with van der Waals surface area (Å²) in [6, 6.07) is 29.1. The number of carbonyl (C=O) groups is 1. The lowest BCUT2D eigenvalue weighted by Crippen LogP contribution is -2.42. The van der Waals surface area contributed by atoms with Crippen molar-refractivity contribution in [2.24, 2.45) is 5.92 Å². The number of carbonyl (C=O) groups excluding carboxylic acids is 1. The van der Waals surface area contributed by atoms with Gasteiger partial charge in [-0.3, -0.25) is 4.79 Å². The second-order valence-corrected chi connectivity index (χ2v) is 9.83. The van der Waals surface area contributed by atoms with Gasteiger partial charge in [-0.1, -0.05) is 86.1 Å². The first-order valence-corrected chi connectivity index (χ1v) is 13.3. The maximum absolute atomic E-state index is 13.4. The number of nitrogens with zero attached hydrogens (tertiary/aromatic N) is 3. The molecule has 5 rings (SSSR count). The van der Waals surface area contributed by atoms with Gasteiger partial charge in [-0.2, -0.15) is 0 Å². The quantitative estimate of drug-likeness (QED) is 0.312. The molecule has 1 saturated heterocycles. The highest BCUT2D eigenvalue weighted by atomic mass is 16.2. The van der Waals surface area contributed by atoms with E-state index in [-0.39, 0.29) is 17.9 Å². The van der Waals surface area contributed by atoms with E-state index in [2.05, 4.69) is 82.4 Å². The zero-order valence-electron chi connectivity index (χ0n) is 21.1. The summed E-state index contributed by atoms with van der Waals surface area (Å²) in [7, 11) is 0. The number of para-hydroxylation sites is 2. The molecular weight excluding hydrogens is 444 g/mol. The SMILES string of the molecule is CCCCn1c(N2CCC(C(=O)NC(Cc3ccccc3)c3ccccc3)CC2)nc2ccccc21. The smallest absolute Gasteiger partial charge is 0.223 e. The van der Waals surface area contributed by atoms with Crippen LogP contribution in [0.25, 0.3) is 11.0 Å². The zero-order chi connectivity index (χ0) is 24.7. The molecule has 1 aliphatic rings. The van der Waals surface area contributed by atoms with Crippen LogP contribution in [0.4, 0.5) is 5.95 Å². The number of aromatic nitrogens is 2. The van der Waals surface area contributed by atoms with Crippen LogP contribution in [0.5, 0.6) is 0 Å². The summed E-state index contributed by atoms with van der Waals surface area (Å²) in [5, 5.41) is 3.39. The first kappa shape index (κ1) is 24.1. The first-order chi connectivity index (χ1) is 17.7. The molecule has 5 nitrogen and oxygen atoms in total. The van der Waals surface area contributed by atoms with E-state index in [4.69, 9.17) is 4.98 Å². The monoisotopic (exact) mass is 480 g/mol. The topological polar surface area (TPSA) is 50.2 Å². The van der Waals surface area contributed by atoms with Crippen molar-refractivity contribution < 1.29 is 4.79 Å². The van der Waals surface area contributed by atoms with Crippen LogP contribution in [-0.2, 0) is 17.8 Å². The molecule has 36 heavy (non-hydrogen) atoms. The van der Waals surface area contributed by atoms with Crippen molar-refractivity contribution in [2.45, 2.75) is 51.6 Å². The summed E-state index contributed by atoms with van der Waals surface area (Å²) >= 11 is 0. The molecule has 1 unspecified atom stereocenters. The Morgan fingerprint density at radius 3 is 2.33 bits per heavy atom. The van der Waals surface area contributed by atoms with Crippen LogP contribution in [0.2, 0.25) is 0 Å². The van der Waals surface area contributed by atoms with Crippen LogP contribution in [0.3, 0.4) is 0 Å². The maximum Gasteiger partial charge on any atom is 0.223 e. The summed E-state index contributed by atoms with van der Waals surface area (Å²) in [5.74, 6) is 1.24. The zero-order valence-corrected chi connectivity index (χ0v) is 21.1. The normalized spacial score (nSPS) is 15.2. The van der Waals surface area contributed by atoms with Gasteiger partial charge in [0, 0.05) is 25.6 Å². The van der Waals surface area contributed by atoms with Crippen LogP contribution in [0, 0.1) is 5.92 Å². The third-order valence-electron chi connectivity index (χ3n) is 7.32. The molecule has 1 fully saturated rings. The summed E-state index contributed by atoms with van der Waals surface area (Å²) in [6.07, 6.45) is 4.76. The van der Waals surface area contributed by atoms with Gasteiger partial charge < -0.3 is 14.8 Å². The molecular formula is C31H36N4O. The lowest BCUT2D eigenvalue weighted by atomic mass is 9.93. The summed E-state index contributed by atoms with van der Waals surface area (Å²) in [5.41, 5.74) is 4.63. The first-order valence-electron chi connectivity index (χ1n) is 13.3. The number of rotatable bonds is 9. The van der Waals surface area contributed by atoms with Gasteiger partial charge in [0.1, 0.15) is 0 Å². The fraction of sp³-hybridized carbons (Fsp3) is 0.355. The number of aryl methyl sites for hydroxylation is 1. The van der Waals surface area contributed by atoms with E-state index in [1.807, 2.05) is 24.3 Å². The highest BCUT2D eigenvalue weighted by molar-refractivity contribution is 5.80. The molecule has 0 radical (unpaired) electrons. The highest BCUT2D eigenvalue weighted by Gasteiger charge is 2.29. The molecule has 0 saturated carbocycles. The van der Waals surface area contributed by atoms with Crippen molar-refractivity contribution in [3.63, 3.8) is 0 Å². The summed E-state index contributed by atoms with van der Waals surface area (Å²) < 4.78 is 2.37. The molecule has 5 heteroatoms. The fourth-order valence-corrected chi connectivity index (χ4v) is 5.26. The lowest BCUT2D eigenvalue weighted by molar-refractivity contribution is -0.126. The molecule has 1 aromatic heterocycles. The Bertz CT molecular complexity index is 1260. The fourth-order valence-electron chi connectivity index (χ4n) is 5.26. The Hall–Kier alpha value is -3.60. The van der Waals surface area contributed by atoms with E-state index in [0.29, 0.717) is 0 Å². The molecule has 0 bridgehead atoms. The number of imidazole rings is 1. The molecule has 4 aromatic rings. The van der Waals surface area contributed by atoms with E-state index < -0.39 is 0 Å². The van der Waals surface area contributed by atoms with E-state index in [1.54, 1.807) is 0 Å². The molecule has 2 heterocycles. The highest BCUT2D eigenvalue weighted by Crippen LogP contribution is 2.28. The number of amides is 1. The number of piperidine rings is 1. The standard InChI is InChI=1S/C31H36N4O/c1-2-3-20-35-29-17-11-10-16-27(29)33-31(35)34-21-18-26(19-22-34)30(36)32-28(25-14-8-5-9-15-25)23-24-12-6-4-7-13-24/h4-17,26,28H,2-3,18-23H2,1H3,(H,32,36). The van der Waals surface area contributed by atoms with Crippen molar-refractivity contribution in [3.05, 3.63) is 96.1 Å².